The van der Waals surface area contributed by atoms with Gasteiger partial charge in [-0.15, -0.1) is 10.2 Å². The summed E-state index contributed by atoms with van der Waals surface area (Å²) in [5.74, 6) is -0.551. The number of aromatic nitrogens is 2. The van der Waals surface area contributed by atoms with E-state index in [0.717, 1.165) is 9.86 Å². The lowest BCUT2D eigenvalue weighted by Gasteiger charge is -1.95. The fraction of sp³-hybridized carbons (Fsp3) is 0. The van der Waals surface area contributed by atoms with Crippen LogP contribution in [0.25, 0.3) is 10.9 Å². The molecule has 4 heteroatoms. The number of hydrogen-bond donors (Lipinski definition) is 0. The van der Waals surface area contributed by atoms with Crippen molar-refractivity contribution in [3.63, 3.8) is 0 Å². The van der Waals surface area contributed by atoms with E-state index in [-0.39, 0.29) is 0 Å². The zero-order valence-corrected chi connectivity index (χ0v) is 7.55. The van der Waals surface area contributed by atoms with Gasteiger partial charge in [0.05, 0.1) is 5.52 Å². The van der Waals surface area contributed by atoms with Crippen LogP contribution in [-0.4, -0.2) is 10.2 Å². The summed E-state index contributed by atoms with van der Waals surface area (Å²) in [4.78, 5) is 0. The molecule has 1 aromatic heterocycles. The van der Waals surface area contributed by atoms with Crippen molar-refractivity contribution in [2.24, 2.45) is 0 Å². The third-order valence-electron chi connectivity index (χ3n) is 1.52. The summed E-state index contributed by atoms with van der Waals surface area (Å²) >= 11 is 3.29. The molecule has 0 aliphatic heterocycles. The van der Waals surface area contributed by atoms with E-state index in [1.165, 1.54) is 6.07 Å². The quantitative estimate of drug-likeness (QED) is 0.691. The van der Waals surface area contributed by atoms with Gasteiger partial charge in [-0.3, -0.25) is 0 Å². The van der Waals surface area contributed by atoms with Gasteiger partial charge in [0.15, 0.2) is 0 Å². The Balaban J connectivity index is 2.79. The molecule has 2 aromatic rings. The van der Waals surface area contributed by atoms with Gasteiger partial charge in [-0.05, 0) is 12.1 Å². The Kier molecular flexibility index (Phi) is 1.77. The van der Waals surface area contributed by atoms with E-state index in [1.54, 1.807) is 12.1 Å². The van der Waals surface area contributed by atoms with Crippen LogP contribution in [0.4, 0.5) is 4.39 Å². The van der Waals surface area contributed by atoms with Gasteiger partial charge in [0.1, 0.15) is 0 Å². The molecule has 1 heterocycles. The highest BCUT2D eigenvalue weighted by molar-refractivity contribution is 9.10. The second kappa shape index (κ2) is 2.79. The standard InChI is InChI=1S/C8H4BrFN2/c9-6-2-1-5-3-8(10)12-11-7(5)4-6/h1-4H. The number of rotatable bonds is 0. The summed E-state index contributed by atoms with van der Waals surface area (Å²) in [6.45, 7) is 0. The van der Waals surface area contributed by atoms with Crippen LogP contribution >= 0.6 is 15.9 Å². The van der Waals surface area contributed by atoms with Crippen LogP contribution in [0.15, 0.2) is 28.7 Å². The van der Waals surface area contributed by atoms with Crippen LogP contribution in [0, 0.1) is 5.95 Å². The van der Waals surface area contributed by atoms with Crippen molar-refractivity contribution in [3.8, 4) is 0 Å². The summed E-state index contributed by atoms with van der Waals surface area (Å²) in [5, 5.41) is 7.75. The largest absolute Gasteiger partial charge is 0.233 e. The van der Waals surface area contributed by atoms with Crippen LogP contribution in [0.5, 0.6) is 0 Å². The van der Waals surface area contributed by atoms with E-state index in [0.29, 0.717) is 5.52 Å². The monoisotopic (exact) mass is 226 g/mol. The minimum absolute atomic E-state index is 0.551. The first-order valence-electron chi connectivity index (χ1n) is 3.34. The Morgan fingerprint density at radius 3 is 2.83 bits per heavy atom. The lowest BCUT2D eigenvalue weighted by atomic mass is 10.2. The average molecular weight is 227 g/mol. The van der Waals surface area contributed by atoms with Gasteiger partial charge in [0, 0.05) is 15.9 Å². The molecule has 2 rings (SSSR count). The molecule has 60 valence electrons. The number of fused-ring (bicyclic) bond motifs is 1. The predicted molar refractivity (Wildman–Crippen MR) is 47.2 cm³/mol. The van der Waals surface area contributed by atoms with Crippen molar-refractivity contribution in [3.05, 3.63) is 34.7 Å². The van der Waals surface area contributed by atoms with Crippen LogP contribution in [-0.2, 0) is 0 Å². The molecule has 2 nitrogen and oxygen atoms in total. The van der Waals surface area contributed by atoms with Gasteiger partial charge in [0.25, 0.3) is 0 Å². The summed E-state index contributed by atoms with van der Waals surface area (Å²) in [6.07, 6.45) is 0. The molecule has 0 aliphatic rings. The lowest BCUT2D eigenvalue weighted by molar-refractivity contribution is 0.568. The summed E-state index contributed by atoms with van der Waals surface area (Å²) in [6, 6.07) is 6.77. The van der Waals surface area contributed by atoms with Crippen LogP contribution in [0.2, 0.25) is 0 Å². The van der Waals surface area contributed by atoms with Gasteiger partial charge in [-0.2, -0.15) is 4.39 Å². The normalized spacial score (nSPS) is 10.5. The first kappa shape index (κ1) is 7.61. The molecule has 0 amide bonds. The van der Waals surface area contributed by atoms with Crippen molar-refractivity contribution in [1.82, 2.24) is 10.2 Å². The summed E-state index contributed by atoms with van der Waals surface area (Å²) in [5.41, 5.74) is 0.686. The molecule has 0 atom stereocenters. The van der Waals surface area contributed by atoms with Gasteiger partial charge in [-0.25, -0.2) is 0 Å². The SMILES string of the molecule is Fc1cc2ccc(Br)cc2nn1. The number of nitrogens with zero attached hydrogens (tertiary/aromatic N) is 2. The molecule has 0 saturated carbocycles. The molecule has 0 aliphatic carbocycles. The molecule has 12 heavy (non-hydrogen) atoms. The van der Waals surface area contributed by atoms with Crippen LogP contribution in [0.3, 0.4) is 0 Å². The fourth-order valence-electron chi connectivity index (χ4n) is 0.984. The van der Waals surface area contributed by atoms with Crippen molar-refractivity contribution in [2.45, 2.75) is 0 Å². The Bertz CT molecular complexity index is 389. The number of benzene rings is 1. The second-order valence-electron chi connectivity index (χ2n) is 2.37. The Morgan fingerprint density at radius 1 is 1.17 bits per heavy atom. The van der Waals surface area contributed by atoms with E-state index >= 15 is 0 Å². The fourth-order valence-corrected chi connectivity index (χ4v) is 1.33. The smallest absolute Gasteiger partial charge is 0.183 e. The molecular weight excluding hydrogens is 223 g/mol. The molecule has 0 saturated heterocycles. The topological polar surface area (TPSA) is 25.8 Å². The van der Waals surface area contributed by atoms with Crippen molar-refractivity contribution < 1.29 is 4.39 Å². The van der Waals surface area contributed by atoms with E-state index in [4.69, 9.17) is 0 Å². The van der Waals surface area contributed by atoms with Crippen LogP contribution < -0.4 is 0 Å². The first-order valence-corrected chi connectivity index (χ1v) is 4.13. The Labute approximate surface area is 76.6 Å². The highest BCUT2D eigenvalue weighted by Crippen LogP contribution is 2.17. The van der Waals surface area contributed by atoms with Crippen molar-refractivity contribution >= 4 is 26.8 Å². The maximum absolute atomic E-state index is 12.6. The minimum Gasteiger partial charge on any atom is -0.183 e. The summed E-state index contributed by atoms with van der Waals surface area (Å²) < 4.78 is 13.5. The van der Waals surface area contributed by atoms with E-state index in [2.05, 4.69) is 26.1 Å². The Hall–Kier alpha value is -1.03. The molecular formula is C8H4BrFN2. The summed E-state index contributed by atoms with van der Waals surface area (Å²) in [7, 11) is 0. The first-order chi connectivity index (χ1) is 5.75. The maximum Gasteiger partial charge on any atom is 0.233 e. The second-order valence-corrected chi connectivity index (χ2v) is 3.29. The van der Waals surface area contributed by atoms with Crippen molar-refractivity contribution in [1.29, 1.82) is 0 Å². The highest BCUT2D eigenvalue weighted by atomic mass is 79.9. The average Bonchev–Trinajstić information content (AvgIpc) is 2.05. The van der Waals surface area contributed by atoms with E-state index in [9.17, 15) is 4.39 Å². The van der Waals surface area contributed by atoms with Gasteiger partial charge in [-0.1, -0.05) is 22.0 Å². The Morgan fingerprint density at radius 2 is 2.00 bits per heavy atom. The number of halogens is 2. The zero-order chi connectivity index (χ0) is 8.55. The molecule has 0 radical (unpaired) electrons. The van der Waals surface area contributed by atoms with Gasteiger partial charge >= 0.3 is 0 Å². The maximum atomic E-state index is 12.6. The molecule has 0 N–H and O–H groups in total. The molecule has 0 unspecified atom stereocenters. The highest BCUT2D eigenvalue weighted by Gasteiger charge is 1.98. The third-order valence-corrected chi connectivity index (χ3v) is 2.01. The lowest BCUT2D eigenvalue weighted by Crippen LogP contribution is -1.87. The molecule has 0 bridgehead atoms. The zero-order valence-electron chi connectivity index (χ0n) is 5.96. The number of hydrogen-bond acceptors (Lipinski definition) is 2. The molecule has 0 spiro atoms. The predicted octanol–water partition coefficient (Wildman–Crippen LogP) is 2.53. The molecule has 0 fully saturated rings. The minimum atomic E-state index is -0.551. The van der Waals surface area contributed by atoms with Gasteiger partial charge in [0.2, 0.25) is 5.95 Å². The third kappa shape index (κ3) is 1.30. The molecule has 1 aromatic carbocycles. The van der Waals surface area contributed by atoms with Crippen LogP contribution in [0.1, 0.15) is 0 Å². The van der Waals surface area contributed by atoms with E-state index < -0.39 is 5.95 Å². The van der Waals surface area contributed by atoms with E-state index in [1.807, 2.05) is 6.07 Å². The van der Waals surface area contributed by atoms with Gasteiger partial charge < -0.3 is 0 Å². The van der Waals surface area contributed by atoms with Crippen molar-refractivity contribution in [2.75, 3.05) is 0 Å².